The van der Waals surface area contributed by atoms with Gasteiger partial charge in [0.25, 0.3) is 0 Å². The maximum absolute atomic E-state index is 3.75. The van der Waals surface area contributed by atoms with Gasteiger partial charge in [0.2, 0.25) is 0 Å². The van der Waals surface area contributed by atoms with Crippen molar-refractivity contribution in [2.75, 3.05) is 26.2 Å². The summed E-state index contributed by atoms with van der Waals surface area (Å²) in [5.41, 5.74) is 1.39. The largest absolute Gasteiger partial charge is 0.310 e. The summed E-state index contributed by atoms with van der Waals surface area (Å²) in [7, 11) is 0. The zero-order valence-electron chi connectivity index (χ0n) is 12.0. The molecule has 1 aromatic rings. The first-order chi connectivity index (χ1) is 9.22. The third kappa shape index (κ3) is 4.30. The standard InChI is InChI=1S/C16H25BrN2/c1-3-16(14-6-5-7-15(17)10-14)18-11-13-8-9-19(4-2)12-13/h5-7,10,13,16,18H,3-4,8-9,11-12H2,1-2H3. The van der Waals surface area contributed by atoms with Crippen LogP contribution in [0.5, 0.6) is 0 Å². The number of halogens is 1. The molecule has 2 unspecified atom stereocenters. The molecule has 19 heavy (non-hydrogen) atoms. The highest BCUT2D eigenvalue weighted by Crippen LogP contribution is 2.22. The van der Waals surface area contributed by atoms with Crippen LogP contribution in [0.1, 0.15) is 38.3 Å². The Morgan fingerprint density at radius 3 is 2.89 bits per heavy atom. The lowest BCUT2D eigenvalue weighted by molar-refractivity contribution is 0.334. The lowest BCUT2D eigenvalue weighted by atomic mass is 10.0. The van der Waals surface area contributed by atoms with Gasteiger partial charge in [0, 0.05) is 17.1 Å². The molecule has 1 fully saturated rings. The van der Waals surface area contributed by atoms with Gasteiger partial charge in [-0.25, -0.2) is 0 Å². The van der Waals surface area contributed by atoms with Crippen molar-refractivity contribution >= 4 is 15.9 Å². The van der Waals surface area contributed by atoms with Gasteiger partial charge in [0.1, 0.15) is 0 Å². The molecule has 0 saturated carbocycles. The lowest BCUT2D eigenvalue weighted by Gasteiger charge is -2.20. The van der Waals surface area contributed by atoms with Crippen molar-refractivity contribution in [3.63, 3.8) is 0 Å². The van der Waals surface area contributed by atoms with Crippen LogP contribution in [-0.4, -0.2) is 31.1 Å². The summed E-state index contributed by atoms with van der Waals surface area (Å²) < 4.78 is 1.17. The predicted molar refractivity (Wildman–Crippen MR) is 85.4 cm³/mol. The van der Waals surface area contributed by atoms with Crippen LogP contribution in [0.25, 0.3) is 0 Å². The monoisotopic (exact) mass is 324 g/mol. The van der Waals surface area contributed by atoms with Gasteiger partial charge < -0.3 is 10.2 Å². The average Bonchev–Trinajstić information content (AvgIpc) is 2.87. The molecule has 1 saturated heterocycles. The molecular weight excluding hydrogens is 300 g/mol. The second kappa shape index (κ2) is 7.41. The van der Waals surface area contributed by atoms with Crippen molar-refractivity contribution in [2.24, 2.45) is 5.92 Å². The fourth-order valence-corrected chi connectivity index (χ4v) is 3.31. The summed E-state index contributed by atoms with van der Waals surface area (Å²) >= 11 is 3.56. The van der Waals surface area contributed by atoms with E-state index in [0.29, 0.717) is 6.04 Å². The van der Waals surface area contributed by atoms with Crippen molar-refractivity contribution in [1.29, 1.82) is 0 Å². The van der Waals surface area contributed by atoms with Crippen LogP contribution in [0, 0.1) is 5.92 Å². The van der Waals surface area contributed by atoms with Gasteiger partial charge in [-0.2, -0.15) is 0 Å². The normalized spacial score (nSPS) is 21.7. The van der Waals surface area contributed by atoms with Crippen LogP contribution < -0.4 is 5.32 Å². The average molecular weight is 325 g/mol. The van der Waals surface area contributed by atoms with E-state index in [-0.39, 0.29) is 0 Å². The summed E-state index contributed by atoms with van der Waals surface area (Å²) in [6.45, 7) is 9.38. The third-order valence-corrected chi connectivity index (χ3v) is 4.62. The first-order valence-electron chi connectivity index (χ1n) is 7.44. The molecular formula is C16H25BrN2. The van der Waals surface area contributed by atoms with Gasteiger partial charge in [-0.3, -0.25) is 0 Å². The molecule has 1 aliphatic heterocycles. The van der Waals surface area contributed by atoms with Crippen molar-refractivity contribution < 1.29 is 0 Å². The molecule has 0 spiro atoms. The van der Waals surface area contributed by atoms with Gasteiger partial charge in [-0.15, -0.1) is 0 Å². The smallest absolute Gasteiger partial charge is 0.0318 e. The highest BCUT2D eigenvalue weighted by molar-refractivity contribution is 9.10. The Hall–Kier alpha value is -0.380. The van der Waals surface area contributed by atoms with Gasteiger partial charge in [0.15, 0.2) is 0 Å². The zero-order valence-corrected chi connectivity index (χ0v) is 13.6. The molecule has 1 aliphatic rings. The highest BCUT2D eigenvalue weighted by Gasteiger charge is 2.21. The molecule has 2 atom stereocenters. The first-order valence-corrected chi connectivity index (χ1v) is 8.23. The first kappa shape index (κ1) is 15.0. The topological polar surface area (TPSA) is 15.3 Å². The van der Waals surface area contributed by atoms with E-state index in [0.717, 1.165) is 18.9 Å². The highest BCUT2D eigenvalue weighted by atomic mass is 79.9. The second-order valence-electron chi connectivity index (χ2n) is 5.47. The molecule has 2 nitrogen and oxygen atoms in total. The van der Waals surface area contributed by atoms with E-state index in [4.69, 9.17) is 0 Å². The van der Waals surface area contributed by atoms with E-state index in [9.17, 15) is 0 Å². The molecule has 0 amide bonds. The SMILES string of the molecule is CCC(NCC1CCN(CC)C1)c1cccc(Br)c1. The summed E-state index contributed by atoms with van der Waals surface area (Å²) in [6, 6.07) is 9.14. The number of nitrogens with one attached hydrogen (secondary N) is 1. The Morgan fingerprint density at radius 2 is 2.26 bits per heavy atom. The Bertz CT molecular complexity index is 394. The minimum absolute atomic E-state index is 0.480. The summed E-state index contributed by atoms with van der Waals surface area (Å²) in [5.74, 6) is 0.821. The van der Waals surface area contributed by atoms with Crippen LogP contribution >= 0.6 is 15.9 Å². The molecule has 1 N–H and O–H groups in total. The van der Waals surface area contributed by atoms with Crippen LogP contribution in [0.4, 0.5) is 0 Å². The maximum atomic E-state index is 3.75. The number of likely N-dealkylation sites (tertiary alicyclic amines) is 1. The fourth-order valence-electron chi connectivity index (χ4n) is 2.90. The molecule has 0 aliphatic carbocycles. The third-order valence-electron chi connectivity index (χ3n) is 4.13. The lowest BCUT2D eigenvalue weighted by Crippen LogP contribution is -2.29. The summed E-state index contributed by atoms with van der Waals surface area (Å²) in [6.07, 6.45) is 2.48. The Kier molecular flexibility index (Phi) is 5.86. The Morgan fingerprint density at radius 1 is 1.42 bits per heavy atom. The van der Waals surface area contributed by atoms with Crippen molar-refractivity contribution in [3.8, 4) is 0 Å². The second-order valence-corrected chi connectivity index (χ2v) is 6.39. The maximum Gasteiger partial charge on any atom is 0.0318 e. The van der Waals surface area contributed by atoms with Gasteiger partial charge in [0.05, 0.1) is 0 Å². The predicted octanol–water partition coefficient (Wildman–Crippen LogP) is 3.83. The molecule has 1 aromatic carbocycles. The molecule has 0 radical (unpaired) electrons. The number of hydrogen-bond acceptors (Lipinski definition) is 2. The minimum Gasteiger partial charge on any atom is -0.310 e. The van der Waals surface area contributed by atoms with E-state index >= 15 is 0 Å². The molecule has 2 rings (SSSR count). The van der Waals surface area contributed by atoms with E-state index < -0.39 is 0 Å². The molecule has 1 heterocycles. The van der Waals surface area contributed by atoms with Crippen LogP contribution in [0.2, 0.25) is 0 Å². The Labute approximate surface area is 125 Å². The van der Waals surface area contributed by atoms with E-state index in [1.165, 1.54) is 36.1 Å². The van der Waals surface area contributed by atoms with Gasteiger partial charge in [-0.1, -0.05) is 41.9 Å². The number of hydrogen-bond donors (Lipinski definition) is 1. The van der Waals surface area contributed by atoms with Gasteiger partial charge >= 0.3 is 0 Å². The number of rotatable bonds is 6. The molecule has 0 aromatic heterocycles. The van der Waals surface area contributed by atoms with Crippen LogP contribution in [-0.2, 0) is 0 Å². The number of nitrogens with zero attached hydrogens (tertiary/aromatic N) is 1. The Balaban J connectivity index is 1.86. The van der Waals surface area contributed by atoms with Crippen molar-refractivity contribution in [2.45, 2.75) is 32.7 Å². The summed E-state index contributed by atoms with van der Waals surface area (Å²) in [5, 5.41) is 3.75. The molecule has 3 heteroatoms. The van der Waals surface area contributed by atoms with Crippen LogP contribution in [0.15, 0.2) is 28.7 Å². The number of benzene rings is 1. The van der Waals surface area contributed by atoms with E-state index in [1.54, 1.807) is 0 Å². The molecule has 0 bridgehead atoms. The van der Waals surface area contributed by atoms with E-state index in [1.807, 2.05) is 0 Å². The molecule has 106 valence electrons. The summed E-state index contributed by atoms with van der Waals surface area (Å²) in [4.78, 5) is 2.55. The zero-order chi connectivity index (χ0) is 13.7. The quantitative estimate of drug-likeness (QED) is 0.855. The van der Waals surface area contributed by atoms with Crippen LogP contribution in [0.3, 0.4) is 0 Å². The minimum atomic E-state index is 0.480. The van der Waals surface area contributed by atoms with E-state index in [2.05, 4.69) is 64.3 Å². The van der Waals surface area contributed by atoms with Crippen molar-refractivity contribution in [1.82, 2.24) is 10.2 Å². The van der Waals surface area contributed by atoms with Gasteiger partial charge in [-0.05, 0) is 56.1 Å². The van der Waals surface area contributed by atoms with Crippen molar-refractivity contribution in [3.05, 3.63) is 34.3 Å². The fraction of sp³-hybridized carbons (Fsp3) is 0.625.